The average molecular weight is 522 g/mol. The van der Waals surface area contributed by atoms with E-state index < -0.39 is 0 Å². The van der Waals surface area contributed by atoms with E-state index >= 15 is 0 Å². The summed E-state index contributed by atoms with van der Waals surface area (Å²) in [5, 5.41) is 0.985. The van der Waals surface area contributed by atoms with Gasteiger partial charge in [-0.3, -0.25) is 14.5 Å². The Labute approximate surface area is 199 Å². The van der Waals surface area contributed by atoms with Gasteiger partial charge in [0.25, 0.3) is 5.91 Å². The number of halogens is 1. The molecule has 2 amide bonds. The number of thioether (sulfide) groups is 1. The zero-order valence-corrected chi connectivity index (χ0v) is 20.7. The number of nitrogens with zero attached hydrogens (tertiary/aromatic N) is 3. The van der Waals surface area contributed by atoms with Crippen LogP contribution >= 0.6 is 39.9 Å². The zero-order valence-electron chi connectivity index (χ0n) is 17.5. The molecule has 0 saturated carbocycles. The van der Waals surface area contributed by atoms with Crippen LogP contribution in [0.1, 0.15) is 19.4 Å². The average Bonchev–Trinajstić information content (AvgIpc) is 3.20. The summed E-state index contributed by atoms with van der Waals surface area (Å²) in [6.07, 6.45) is 3.84. The Morgan fingerprint density at radius 1 is 1.32 bits per heavy atom. The fourth-order valence-electron chi connectivity index (χ4n) is 3.76. The second-order valence-corrected chi connectivity index (χ2v) is 10.6. The zero-order chi connectivity index (χ0) is 22.1. The van der Waals surface area contributed by atoms with Crippen molar-refractivity contribution in [1.29, 1.82) is 0 Å². The minimum atomic E-state index is -0.0519. The molecule has 2 fully saturated rings. The van der Waals surface area contributed by atoms with Gasteiger partial charge in [0.15, 0.2) is 0 Å². The first kappa shape index (κ1) is 22.5. The number of fused-ring (bicyclic) bond motifs is 1. The highest BCUT2D eigenvalue weighted by molar-refractivity contribution is 9.10. The first-order chi connectivity index (χ1) is 14.8. The molecule has 4 rings (SSSR count). The van der Waals surface area contributed by atoms with E-state index in [1.807, 2.05) is 39.9 Å². The van der Waals surface area contributed by atoms with Crippen molar-refractivity contribution in [3.05, 3.63) is 39.3 Å². The van der Waals surface area contributed by atoms with Gasteiger partial charge in [-0.25, -0.2) is 0 Å². The number of aromatic nitrogens is 1. The lowest BCUT2D eigenvalue weighted by Crippen LogP contribution is -2.42. The van der Waals surface area contributed by atoms with Gasteiger partial charge in [0.05, 0.1) is 18.1 Å². The van der Waals surface area contributed by atoms with Gasteiger partial charge in [-0.05, 0) is 30.2 Å². The number of thiocarbonyl (C=S) groups is 1. The SMILES string of the molecule is CC(C)CN1C(=O)/C(=C/c2cn(CC(=O)N3CCOCC3)c3ccc(Br)cc23)SC1=S. The highest BCUT2D eigenvalue weighted by Crippen LogP contribution is 2.35. The Morgan fingerprint density at radius 3 is 2.77 bits per heavy atom. The molecule has 9 heteroatoms. The molecule has 0 spiro atoms. The van der Waals surface area contributed by atoms with Crippen molar-refractivity contribution in [2.45, 2.75) is 20.4 Å². The van der Waals surface area contributed by atoms with Gasteiger partial charge in [0.2, 0.25) is 5.91 Å². The Morgan fingerprint density at radius 2 is 2.06 bits per heavy atom. The van der Waals surface area contributed by atoms with Gasteiger partial charge in [-0.15, -0.1) is 0 Å². The van der Waals surface area contributed by atoms with Crippen molar-refractivity contribution in [1.82, 2.24) is 14.4 Å². The van der Waals surface area contributed by atoms with Crippen molar-refractivity contribution >= 4 is 73.0 Å². The predicted molar refractivity (Wildman–Crippen MR) is 132 cm³/mol. The van der Waals surface area contributed by atoms with Crippen molar-refractivity contribution in [2.75, 3.05) is 32.8 Å². The highest BCUT2D eigenvalue weighted by atomic mass is 79.9. The van der Waals surface area contributed by atoms with Crippen LogP contribution in [0.3, 0.4) is 0 Å². The molecule has 2 aliphatic rings. The molecule has 0 radical (unpaired) electrons. The van der Waals surface area contributed by atoms with Gasteiger partial charge < -0.3 is 14.2 Å². The summed E-state index contributed by atoms with van der Waals surface area (Å²) in [5.41, 5.74) is 1.85. The third kappa shape index (κ3) is 4.89. The lowest BCUT2D eigenvalue weighted by Gasteiger charge is -2.27. The van der Waals surface area contributed by atoms with Crippen LogP contribution < -0.4 is 0 Å². The highest BCUT2D eigenvalue weighted by Gasteiger charge is 2.32. The lowest BCUT2D eigenvalue weighted by atomic mass is 10.1. The Bertz CT molecular complexity index is 1070. The summed E-state index contributed by atoms with van der Waals surface area (Å²) in [6, 6.07) is 5.98. The van der Waals surface area contributed by atoms with Crippen LogP contribution in [0.15, 0.2) is 33.8 Å². The van der Waals surface area contributed by atoms with E-state index in [4.69, 9.17) is 17.0 Å². The number of amides is 2. The fourth-order valence-corrected chi connectivity index (χ4v) is 5.39. The summed E-state index contributed by atoms with van der Waals surface area (Å²) in [6.45, 7) is 7.40. The monoisotopic (exact) mass is 521 g/mol. The molecule has 3 heterocycles. The number of ether oxygens (including phenoxy) is 1. The number of carbonyl (C=O) groups is 2. The van der Waals surface area contributed by atoms with E-state index in [-0.39, 0.29) is 18.4 Å². The standard InChI is InChI=1S/C22H24BrN3O3S2/c1-14(2)11-26-21(28)19(31-22(26)30)9-15-12-25(18-4-3-16(23)10-17(15)18)13-20(27)24-5-7-29-8-6-24/h3-4,9-10,12,14H,5-8,11,13H2,1-2H3/b19-9-. The molecule has 1 aromatic heterocycles. The maximum absolute atomic E-state index is 12.9. The van der Waals surface area contributed by atoms with Crippen LogP contribution in [0.5, 0.6) is 0 Å². The van der Waals surface area contributed by atoms with Gasteiger partial charge >= 0.3 is 0 Å². The molecular weight excluding hydrogens is 498 g/mol. The number of hydrogen-bond donors (Lipinski definition) is 0. The molecule has 6 nitrogen and oxygen atoms in total. The molecule has 2 aliphatic heterocycles. The molecule has 0 bridgehead atoms. The molecule has 0 aliphatic carbocycles. The normalized spacial score (nSPS) is 18.8. The third-order valence-corrected chi connectivity index (χ3v) is 7.12. The molecule has 2 aromatic rings. The van der Waals surface area contributed by atoms with Crippen molar-refractivity contribution in [3.63, 3.8) is 0 Å². The Balaban J connectivity index is 1.66. The van der Waals surface area contributed by atoms with Crippen LogP contribution in [-0.2, 0) is 20.9 Å². The number of benzene rings is 1. The summed E-state index contributed by atoms with van der Waals surface area (Å²) in [7, 11) is 0. The van der Waals surface area contributed by atoms with E-state index in [2.05, 4.69) is 29.8 Å². The topological polar surface area (TPSA) is 54.8 Å². The van der Waals surface area contributed by atoms with Gasteiger partial charge in [0, 0.05) is 46.8 Å². The van der Waals surface area contributed by atoms with E-state index in [9.17, 15) is 9.59 Å². The molecule has 0 atom stereocenters. The summed E-state index contributed by atoms with van der Waals surface area (Å²) < 4.78 is 8.85. The number of morpholine rings is 1. The summed E-state index contributed by atoms with van der Waals surface area (Å²) >= 11 is 10.3. The summed E-state index contributed by atoms with van der Waals surface area (Å²) in [4.78, 5) is 29.9. The Kier molecular flexibility index (Phi) is 6.86. The number of hydrogen-bond acceptors (Lipinski definition) is 5. The Hall–Kier alpha value is -1.68. The molecule has 164 valence electrons. The number of rotatable bonds is 5. The molecule has 2 saturated heterocycles. The fraction of sp³-hybridized carbons (Fsp3) is 0.409. The lowest BCUT2D eigenvalue weighted by molar-refractivity contribution is -0.135. The first-order valence-electron chi connectivity index (χ1n) is 10.2. The van der Waals surface area contributed by atoms with E-state index in [1.165, 1.54) is 11.8 Å². The smallest absolute Gasteiger partial charge is 0.266 e. The third-order valence-electron chi connectivity index (χ3n) is 5.25. The molecule has 31 heavy (non-hydrogen) atoms. The van der Waals surface area contributed by atoms with Crippen LogP contribution in [0, 0.1) is 5.92 Å². The number of carbonyl (C=O) groups excluding carboxylic acids is 2. The predicted octanol–water partition coefficient (Wildman–Crippen LogP) is 4.12. The quantitative estimate of drug-likeness (QED) is 0.437. The first-order valence-corrected chi connectivity index (χ1v) is 12.2. The molecule has 0 unspecified atom stereocenters. The largest absolute Gasteiger partial charge is 0.378 e. The van der Waals surface area contributed by atoms with E-state index in [0.29, 0.717) is 48.0 Å². The molecule has 0 N–H and O–H groups in total. The van der Waals surface area contributed by atoms with Gasteiger partial charge in [-0.1, -0.05) is 53.8 Å². The van der Waals surface area contributed by atoms with Crippen LogP contribution in [-0.4, -0.2) is 63.3 Å². The molecular formula is C22H24BrN3O3S2. The summed E-state index contributed by atoms with van der Waals surface area (Å²) in [5.74, 6) is 0.354. The van der Waals surface area contributed by atoms with Crippen LogP contribution in [0.2, 0.25) is 0 Å². The maximum atomic E-state index is 12.9. The van der Waals surface area contributed by atoms with Crippen LogP contribution in [0.4, 0.5) is 0 Å². The maximum Gasteiger partial charge on any atom is 0.266 e. The van der Waals surface area contributed by atoms with Gasteiger partial charge in [-0.2, -0.15) is 0 Å². The van der Waals surface area contributed by atoms with Gasteiger partial charge in [0.1, 0.15) is 10.9 Å². The second kappa shape index (κ2) is 9.44. The molecule has 1 aromatic carbocycles. The van der Waals surface area contributed by atoms with E-state index in [0.717, 1.165) is 20.9 Å². The van der Waals surface area contributed by atoms with Crippen molar-refractivity contribution in [3.8, 4) is 0 Å². The van der Waals surface area contributed by atoms with Crippen molar-refractivity contribution < 1.29 is 14.3 Å². The minimum Gasteiger partial charge on any atom is -0.378 e. The van der Waals surface area contributed by atoms with Crippen LogP contribution in [0.25, 0.3) is 17.0 Å². The second-order valence-electron chi connectivity index (χ2n) is 8.05. The van der Waals surface area contributed by atoms with E-state index in [1.54, 1.807) is 4.90 Å². The van der Waals surface area contributed by atoms with Crippen molar-refractivity contribution in [2.24, 2.45) is 5.92 Å². The minimum absolute atomic E-state index is 0.0519.